The predicted octanol–water partition coefficient (Wildman–Crippen LogP) is 4.27. The summed E-state index contributed by atoms with van der Waals surface area (Å²) in [5.74, 6) is 0.568. The fraction of sp³-hybridized carbons (Fsp3) is 0.0455. The van der Waals surface area contributed by atoms with Crippen LogP contribution >= 0.6 is 11.3 Å². The summed E-state index contributed by atoms with van der Waals surface area (Å²) in [5, 5.41) is 0.673. The first kappa shape index (κ1) is 17.4. The van der Waals surface area contributed by atoms with Crippen molar-refractivity contribution in [3.8, 4) is 27.6 Å². The lowest BCUT2D eigenvalue weighted by Crippen LogP contribution is -2.22. The molecule has 0 atom stereocenters. The number of rotatable bonds is 3. The third-order valence-corrected chi connectivity index (χ3v) is 5.71. The number of hydrogen-bond donors (Lipinski definition) is 0. The van der Waals surface area contributed by atoms with Gasteiger partial charge in [0, 0.05) is 23.5 Å². The predicted molar refractivity (Wildman–Crippen MR) is 114 cm³/mol. The van der Waals surface area contributed by atoms with Gasteiger partial charge in [0.15, 0.2) is 5.65 Å². The molecule has 0 saturated carbocycles. The van der Waals surface area contributed by atoms with Crippen molar-refractivity contribution in [3.05, 3.63) is 89.2 Å². The molecule has 0 unspecified atom stereocenters. The standard InChI is InChI=1S/C22H15N5OS/c1-14-7-5-6-10-17(14)27-20(15-8-3-2-4-9-15)25-19-18(22(27)28)29-21(26-19)16-11-23-13-24-12-16/h2-13H,1H3. The molecule has 0 aliphatic heterocycles. The summed E-state index contributed by atoms with van der Waals surface area (Å²) in [7, 11) is 0. The van der Waals surface area contributed by atoms with Crippen LogP contribution in [0.2, 0.25) is 0 Å². The highest BCUT2D eigenvalue weighted by atomic mass is 32.1. The monoisotopic (exact) mass is 397 g/mol. The smallest absolute Gasteiger partial charge is 0.267 e. The summed E-state index contributed by atoms with van der Waals surface area (Å²) >= 11 is 1.31. The summed E-state index contributed by atoms with van der Waals surface area (Å²) < 4.78 is 2.18. The molecular weight excluding hydrogens is 382 g/mol. The van der Waals surface area contributed by atoms with Crippen LogP contribution in [-0.4, -0.2) is 24.5 Å². The Labute approximate surface area is 170 Å². The molecule has 0 N–H and O–H groups in total. The lowest BCUT2D eigenvalue weighted by molar-refractivity contribution is 0.964. The van der Waals surface area contributed by atoms with Crippen LogP contribution in [0, 0.1) is 6.92 Å². The number of nitrogens with zero attached hydrogens (tertiary/aromatic N) is 5. The molecular formula is C22H15N5OS. The zero-order valence-electron chi connectivity index (χ0n) is 15.5. The summed E-state index contributed by atoms with van der Waals surface area (Å²) in [6, 6.07) is 17.5. The van der Waals surface area contributed by atoms with Gasteiger partial charge in [-0.15, -0.1) is 11.3 Å². The van der Waals surface area contributed by atoms with Crippen LogP contribution in [0.5, 0.6) is 0 Å². The molecule has 0 spiro atoms. The molecule has 5 rings (SSSR count). The summed E-state index contributed by atoms with van der Waals surface area (Å²) in [6.07, 6.45) is 4.83. The van der Waals surface area contributed by atoms with E-state index in [0.29, 0.717) is 21.2 Å². The van der Waals surface area contributed by atoms with Gasteiger partial charge >= 0.3 is 0 Å². The minimum absolute atomic E-state index is 0.135. The number of para-hydroxylation sites is 1. The minimum Gasteiger partial charge on any atom is -0.267 e. The number of benzene rings is 2. The van der Waals surface area contributed by atoms with E-state index < -0.39 is 0 Å². The lowest BCUT2D eigenvalue weighted by atomic mass is 10.1. The fourth-order valence-electron chi connectivity index (χ4n) is 3.23. The van der Waals surface area contributed by atoms with Gasteiger partial charge in [-0.3, -0.25) is 9.36 Å². The molecule has 7 heteroatoms. The van der Waals surface area contributed by atoms with Crippen molar-refractivity contribution in [1.82, 2.24) is 24.5 Å². The Hall–Kier alpha value is -3.71. The zero-order chi connectivity index (χ0) is 19.8. The Kier molecular flexibility index (Phi) is 4.22. The van der Waals surface area contributed by atoms with E-state index in [2.05, 4.69) is 15.0 Å². The maximum Gasteiger partial charge on any atom is 0.278 e. The van der Waals surface area contributed by atoms with Crippen LogP contribution in [0.3, 0.4) is 0 Å². The van der Waals surface area contributed by atoms with Gasteiger partial charge in [-0.1, -0.05) is 48.5 Å². The Morgan fingerprint density at radius 3 is 2.34 bits per heavy atom. The van der Waals surface area contributed by atoms with Gasteiger partial charge in [-0.2, -0.15) is 0 Å². The first-order valence-electron chi connectivity index (χ1n) is 9.03. The van der Waals surface area contributed by atoms with Crippen LogP contribution in [0.15, 0.2) is 78.1 Å². The number of hydrogen-bond acceptors (Lipinski definition) is 6. The van der Waals surface area contributed by atoms with Gasteiger partial charge in [-0.05, 0) is 18.6 Å². The summed E-state index contributed by atoms with van der Waals surface area (Å²) in [5.41, 5.74) is 3.72. The molecule has 0 radical (unpaired) electrons. The maximum absolute atomic E-state index is 13.6. The van der Waals surface area contributed by atoms with Crippen LogP contribution in [-0.2, 0) is 0 Å². The van der Waals surface area contributed by atoms with Crippen molar-refractivity contribution in [3.63, 3.8) is 0 Å². The van der Waals surface area contributed by atoms with Gasteiger partial charge in [0.1, 0.15) is 21.9 Å². The Balaban J connectivity index is 1.85. The van der Waals surface area contributed by atoms with Gasteiger partial charge in [-0.25, -0.2) is 19.9 Å². The largest absolute Gasteiger partial charge is 0.278 e. The quantitative estimate of drug-likeness (QED) is 0.454. The number of thiazole rings is 1. The first-order valence-corrected chi connectivity index (χ1v) is 9.84. The van der Waals surface area contributed by atoms with E-state index in [-0.39, 0.29) is 5.56 Å². The average Bonchev–Trinajstić information content (AvgIpc) is 3.20. The van der Waals surface area contributed by atoms with E-state index in [4.69, 9.17) is 4.98 Å². The maximum atomic E-state index is 13.6. The van der Waals surface area contributed by atoms with Crippen molar-refractivity contribution in [2.45, 2.75) is 6.92 Å². The SMILES string of the molecule is Cc1ccccc1-n1c(-c2ccccc2)nc2nc(-c3cncnc3)sc2c1=O. The van der Waals surface area contributed by atoms with E-state index in [1.54, 1.807) is 17.0 Å². The zero-order valence-corrected chi connectivity index (χ0v) is 16.3. The molecule has 2 aromatic carbocycles. The average molecular weight is 397 g/mol. The van der Waals surface area contributed by atoms with E-state index in [9.17, 15) is 4.79 Å². The molecule has 3 heterocycles. The fourth-order valence-corrected chi connectivity index (χ4v) is 4.14. The minimum atomic E-state index is -0.135. The van der Waals surface area contributed by atoms with Crippen LogP contribution < -0.4 is 5.56 Å². The molecule has 0 amide bonds. The van der Waals surface area contributed by atoms with Gasteiger partial charge in [0.2, 0.25) is 0 Å². The van der Waals surface area contributed by atoms with Crippen molar-refractivity contribution >= 4 is 21.7 Å². The third-order valence-electron chi connectivity index (χ3n) is 4.63. The molecule has 0 aliphatic carbocycles. The number of aromatic nitrogens is 5. The highest BCUT2D eigenvalue weighted by Gasteiger charge is 2.19. The van der Waals surface area contributed by atoms with Crippen molar-refractivity contribution in [1.29, 1.82) is 0 Å². The second-order valence-electron chi connectivity index (χ2n) is 6.53. The topological polar surface area (TPSA) is 73.6 Å². The van der Waals surface area contributed by atoms with E-state index in [1.807, 2.05) is 61.5 Å². The Bertz CT molecular complexity index is 1380. The van der Waals surface area contributed by atoms with Gasteiger partial charge in [0.25, 0.3) is 5.56 Å². The molecule has 0 fully saturated rings. The first-order chi connectivity index (χ1) is 14.2. The van der Waals surface area contributed by atoms with Gasteiger partial charge in [0.05, 0.1) is 5.69 Å². The van der Waals surface area contributed by atoms with Crippen molar-refractivity contribution < 1.29 is 0 Å². The molecule has 5 aromatic rings. The number of aryl methyl sites for hydroxylation is 1. The molecule has 6 nitrogen and oxygen atoms in total. The van der Waals surface area contributed by atoms with Crippen LogP contribution in [0.4, 0.5) is 0 Å². The van der Waals surface area contributed by atoms with E-state index >= 15 is 0 Å². The normalized spacial score (nSPS) is 11.1. The van der Waals surface area contributed by atoms with Crippen molar-refractivity contribution in [2.75, 3.05) is 0 Å². The summed E-state index contributed by atoms with van der Waals surface area (Å²) in [4.78, 5) is 31.1. The molecule has 0 saturated heterocycles. The van der Waals surface area contributed by atoms with Crippen LogP contribution in [0.25, 0.3) is 38.0 Å². The molecule has 3 aromatic heterocycles. The highest BCUT2D eigenvalue weighted by Crippen LogP contribution is 2.29. The number of fused-ring (bicyclic) bond motifs is 1. The summed E-state index contributed by atoms with van der Waals surface area (Å²) in [6.45, 7) is 1.99. The van der Waals surface area contributed by atoms with Crippen molar-refractivity contribution in [2.24, 2.45) is 0 Å². The highest BCUT2D eigenvalue weighted by molar-refractivity contribution is 7.21. The lowest BCUT2D eigenvalue weighted by Gasteiger charge is -2.14. The van der Waals surface area contributed by atoms with Gasteiger partial charge < -0.3 is 0 Å². The van der Waals surface area contributed by atoms with Crippen LogP contribution in [0.1, 0.15) is 5.56 Å². The molecule has 140 valence electrons. The molecule has 29 heavy (non-hydrogen) atoms. The Morgan fingerprint density at radius 2 is 1.59 bits per heavy atom. The third kappa shape index (κ3) is 3.01. The molecule has 0 bridgehead atoms. The van der Waals surface area contributed by atoms with E-state index in [1.165, 1.54) is 17.7 Å². The Morgan fingerprint density at radius 1 is 0.862 bits per heavy atom. The second kappa shape index (κ2) is 7.03. The van der Waals surface area contributed by atoms with E-state index in [0.717, 1.165) is 22.4 Å². The second-order valence-corrected chi connectivity index (χ2v) is 7.53. The molecule has 0 aliphatic rings.